The van der Waals surface area contributed by atoms with Crippen LogP contribution < -0.4 is 5.32 Å². The molecule has 1 aliphatic heterocycles. The number of carbonyl (C=O) groups is 1. The lowest BCUT2D eigenvalue weighted by molar-refractivity contribution is -0.121. The third-order valence-electron chi connectivity index (χ3n) is 3.34. The van der Waals surface area contributed by atoms with Crippen LogP contribution in [0.2, 0.25) is 0 Å². The number of benzene rings is 1. The Hall–Kier alpha value is -1.42. The van der Waals surface area contributed by atoms with Crippen molar-refractivity contribution in [1.29, 1.82) is 0 Å². The quantitative estimate of drug-likeness (QED) is 0.858. The van der Waals surface area contributed by atoms with Gasteiger partial charge in [-0.05, 0) is 43.4 Å². The minimum Gasteiger partial charge on any atom is -0.378 e. The Morgan fingerprint density at radius 3 is 3.11 bits per heavy atom. The molecule has 0 saturated carbocycles. The van der Waals surface area contributed by atoms with Crippen molar-refractivity contribution in [3.8, 4) is 0 Å². The lowest BCUT2D eigenvalue weighted by Gasteiger charge is -2.10. The van der Waals surface area contributed by atoms with Crippen LogP contribution >= 0.6 is 0 Å². The summed E-state index contributed by atoms with van der Waals surface area (Å²) >= 11 is 0. The molecule has 0 spiro atoms. The summed E-state index contributed by atoms with van der Waals surface area (Å²) in [6, 6.07) is 6.38. The normalized spacial score (nSPS) is 18.5. The molecule has 1 fully saturated rings. The first-order valence-corrected chi connectivity index (χ1v) is 6.87. The average molecular weight is 265 g/mol. The van der Waals surface area contributed by atoms with Gasteiger partial charge >= 0.3 is 0 Å². The van der Waals surface area contributed by atoms with E-state index in [1.54, 1.807) is 6.07 Å². The van der Waals surface area contributed by atoms with Gasteiger partial charge in [0.15, 0.2) is 0 Å². The molecular formula is C15H20FNO2. The second kappa shape index (κ2) is 7.24. The van der Waals surface area contributed by atoms with Crippen molar-refractivity contribution in [2.75, 3.05) is 13.2 Å². The monoisotopic (exact) mass is 265 g/mol. The van der Waals surface area contributed by atoms with E-state index in [2.05, 4.69) is 5.32 Å². The fourth-order valence-electron chi connectivity index (χ4n) is 2.28. The van der Waals surface area contributed by atoms with Gasteiger partial charge in [0, 0.05) is 19.6 Å². The van der Waals surface area contributed by atoms with Gasteiger partial charge in [-0.25, -0.2) is 4.39 Å². The molecule has 3 nitrogen and oxygen atoms in total. The highest BCUT2D eigenvalue weighted by atomic mass is 19.1. The van der Waals surface area contributed by atoms with Crippen molar-refractivity contribution in [1.82, 2.24) is 5.32 Å². The molecule has 1 aromatic carbocycles. The number of hydrogen-bond acceptors (Lipinski definition) is 2. The van der Waals surface area contributed by atoms with E-state index in [9.17, 15) is 9.18 Å². The van der Waals surface area contributed by atoms with Crippen molar-refractivity contribution >= 4 is 5.91 Å². The molecule has 1 aliphatic rings. The van der Waals surface area contributed by atoms with Crippen molar-refractivity contribution < 1.29 is 13.9 Å². The van der Waals surface area contributed by atoms with Crippen LogP contribution in [0, 0.1) is 5.82 Å². The van der Waals surface area contributed by atoms with Gasteiger partial charge in [0.1, 0.15) is 5.82 Å². The number of ether oxygens (including phenoxy) is 1. The van der Waals surface area contributed by atoms with Crippen LogP contribution in [0.5, 0.6) is 0 Å². The lowest BCUT2D eigenvalue weighted by atomic mass is 10.1. The zero-order chi connectivity index (χ0) is 13.5. The summed E-state index contributed by atoms with van der Waals surface area (Å²) < 4.78 is 18.4. The highest BCUT2D eigenvalue weighted by Crippen LogP contribution is 2.14. The number of halogens is 1. The third kappa shape index (κ3) is 4.99. The molecule has 104 valence electrons. The SMILES string of the molecule is O=C(CCc1cccc(F)c1)NCCC1CCCO1. The summed E-state index contributed by atoms with van der Waals surface area (Å²) in [6.45, 7) is 1.50. The standard InChI is InChI=1S/C15H20FNO2/c16-13-4-1-3-12(11-13)6-7-15(18)17-9-8-14-5-2-10-19-14/h1,3-4,11,14H,2,5-10H2,(H,17,18). The third-order valence-corrected chi connectivity index (χ3v) is 3.34. The van der Waals surface area contributed by atoms with Crippen molar-refractivity contribution in [3.63, 3.8) is 0 Å². The second-order valence-electron chi connectivity index (χ2n) is 4.90. The first-order valence-electron chi connectivity index (χ1n) is 6.87. The number of hydrogen-bond donors (Lipinski definition) is 1. The van der Waals surface area contributed by atoms with E-state index in [4.69, 9.17) is 4.74 Å². The van der Waals surface area contributed by atoms with Gasteiger partial charge in [-0.1, -0.05) is 12.1 Å². The number of amides is 1. The van der Waals surface area contributed by atoms with Crippen LogP contribution in [-0.2, 0) is 16.0 Å². The first kappa shape index (κ1) is 14.0. The summed E-state index contributed by atoms with van der Waals surface area (Å²) in [5, 5.41) is 2.88. The molecule has 4 heteroatoms. The van der Waals surface area contributed by atoms with Crippen LogP contribution in [0.15, 0.2) is 24.3 Å². The van der Waals surface area contributed by atoms with Crippen LogP contribution in [0.1, 0.15) is 31.2 Å². The fourth-order valence-corrected chi connectivity index (χ4v) is 2.28. The number of carbonyl (C=O) groups excluding carboxylic acids is 1. The topological polar surface area (TPSA) is 38.3 Å². The maximum absolute atomic E-state index is 13.0. The average Bonchev–Trinajstić information content (AvgIpc) is 2.90. The number of nitrogens with one attached hydrogen (secondary N) is 1. The zero-order valence-electron chi connectivity index (χ0n) is 11.0. The van der Waals surface area contributed by atoms with E-state index in [0.29, 0.717) is 25.5 Å². The molecule has 0 radical (unpaired) electrons. The Balaban J connectivity index is 1.61. The van der Waals surface area contributed by atoms with E-state index in [1.165, 1.54) is 12.1 Å². The molecule has 0 aliphatic carbocycles. The van der Waals surface area contributed by atoms with E-state index in [1.807, 2.05) is 6.07 Å². The van der Waals surface area contributed by atoms with Crippen molar-refractivity contribution in [3.05, 3.63) is 35.6 Å². The Labute approximate surface area is 113 Å². The highest BCUT2D eigenvalue weighted by molar-refractivity contribution is 5.76. The van der Waals surface area contributed by atoms with Gasteiger partial charge in [0.2, 0.25) is 5.91 Å². The lowest BCUT2D eigenvalue weighted by Crippen LogP contribution is -2.27. The maximum atomic E-state index is 13.0. The van der Waals surface area contributed by atoms with Gasteiger partial charge in [0.25, 0.3) is 0 Å². The molecule has 1 heterocycles. The van der Waals surface area contributed by atoms with Gasteiger partial charge < -0.3 is 10.1 Å². The Kier molecular flexibility index (Phi) is 5.33. The minimum absolute atomic E-state index is 0.0160. The molecule has 19 heavy (non-hydrogen) atoms. The van der Waals surface area contributed by atoms with Crippen LogP contribution in [0.25, 0.3) is 0 Å². The largest absolute Gasteiger partial charge is 0.378 e. The van der Waals surface area contributed by atoms with Gasteiger partial charge in [0.05, 0.1) is 6.10 Å². The molecule has 0 bridgehead atoms. The zero-order valence-corrected chi connectivity index (χ0v) is 11.0. The number of rotatable bonds is 6. The molecular weight excluding hydrogens is 245 g/mol. The molecule has 1 atom stereocenters. The summed E-state index contributed by atoms with van der Waals surface area (Å²) in [7, 11) is 0. The van der Waals surface area contributed by atoms with E-state index < -0.39 is 0 Å². The van der Waals surface area contributed by atoms with E-state index in [-0.39, 0.29) is 11.7 Å². The maximum Gasteiger partial charge on any atom is 0.220 e. The van der Waals surface area contributed by atoms with Crippen LogP contribution in [0.4, 0.5) is 4.39 Å². The summed E-state index contributed by atoms with van der Waals surface area (Å²) in [5.74, 6) is -0.237. The Morgan fingerprint density at radius 1 is 1.47 bits per heavy atom. The molecule has 1 unspecified atom stereocenters. The summed E-state index contributed by atoms with van der Waals surface area (Å²) in [4.78, 5) is 11.6. The molecule has 1 amide bonds. The molecule has 1 saturated heterocycles. The summed E-state index contributed by atoms with van der Waals surface area (Å²) in [5.41, 5.74) is 0.856. The molecule has 1 N–H and O–H groups in total. The minimum atomic E-state index is -0.253. The first-order chi connectivity index (χ1) is 9.24. The molecule has 0 aromatic heterocycles. The Morgan fingerprint density at radius 2 is 2.37 bits per heavy atom. The predicted octanol–water partition coefficient (Wildman–Crippen LogP) is 2.44. The predicted molar refractivity (Wildman–Crippen MR) is 71.3 cm³/mol. The van der Waals surface area contributed by atoms with E-state index in [0.717, 1.165) is 31.4 Å². The second-order valence-corrected chi connectivity index (χ2v) is 4.90. The smallest absolute Gasteiger partial charge is 0.220 e. The van der Waals surface area contributed by atoms with Crippen molar-refractivity contribution in [2.45, 2.75) is 38.2 Å². The summed E-state index contributed by atoms with van der Waals surface area (Å²) in [6.07, 6.45) is 4.38. The molecule has 1 aromatic rings. The van der Waals surface area contributed by atoms with Crippen molar-refractivity contribution in [2.24, 2.45) is 0 Å². The van der Waals surface area contributed by atoms with Gasteiger partial charge in [-0.2, -0.15) is 0 Å². The van der Waals surface area contributed by atoms with Gasteiger partial charge in [-0.3, -0.25) is 4.79 Å². The van der Waals surface area contributed by atoms with Crippen LogP contribution in [0.3, 0.4) is 0 Å². The van der Waals surface area contributed by atoms with Gasteiger partial charge in [-0.15, -0.1) is 0 Å². The van der Waals surface area contributed by atoms with Crippen LogP contribution in [-0.4, -0.2) is 25.2 Å². The fraction of sp³-hybridized carbons (Fsp3) is 0.533. The van der Waals surface area contributed by atoms with E-state index >= 15 is 0 Å². The number of aryl methyl sites for hydroxylation is 1. The molecule has 2 rings (SSSR count). The Bertz CT molecular complexity index is 416. The highest BCUT2D eigenvalue weighted by Gasteiger charge is 2.15.